The van der Waals surface area contributed by atoms with Crippen LogP contribution in [0.4, 0.5) is 14.8 Å². The Morgan fingerprint density at radius 3 is 2.51 bits per heavy atom. The monoisotopic (exact) mass is 518 g/mol. The second-order valence-corrected chi connectivity index (χ2v) is 11.5. The quantitative estimate of drug-likeness (QED) is 0.538. The van der Waals surface area contributed by atoms with Crippen molar-refractivity contribution in [1.29, 1.82) is 0 Å². The minimum Gasteiger partial charge on any atom is -0.493 e. The van der Waals surface area contributed by atoms with Crippen molar-refractivity contribution in [2.75, 3.05) is 37.7 Å². The zero-order valence-electron chi connectivity index (χ0n) is 21.8. The van der Waals surface area contributed by atoms with Crippen LogP contribution >= 0.6 is 0 Å². The third kappa shape index (κ3) is 5.89. The van der Waals surface area contributed by atoms with Crippen LogP contribution in [-0.4, -0.2) is 64.4 Å². The smallest absolute Gasteiger partial charge is 0.324 e. The molecule has 1 amide bonds. The molecule has 1 aromatic heterocycles. The maximum atomic E-state index is 14.5. The number of hydrogen-bond donors (Lipinski definition) is 1. The van der Waals surface area contributed by atoms with Crippen molar-refractivity contribution in [2.24, 2.45) is 17.8 Å². The van der Waals surface area contributed by atoms with Crippen LogP contribution in [0.2, 0.25) is 0 Å². The van der Waals surface area contributed by atoms with E-state index in [0.29, 0.717) is 30.4 Å². The number of halogens is 2. The SMILES string of the molecule is CC(C)c1noc(N2CCC([C@H]3CC3CCOc3cc(F)c(CC(=O)N4CC(C)(O)C4)c(F)c3)CC2)n1. The fourth-order valence-corrected chi connectivity index (χ4v) is 5.66. The van der Waals surface area contributed by atoms with E-state index in [-0.39, 0.29) is 36.7 Å². The van der Waals surface area contributed by atoms with E-state index < -0.39 is 23.1 Å². The number of aliphatic hydroxyl groups is 1. The molecule has 5 rings (SSSR count). The van der Waals surface area contributed by atoms with E-state index in [2.05, 4.69) is 15.0 Å². The highest BCUT2D eigenvalue weighted by molar-refractivity contribution is 5.80. The molecule has 202 valence electrons. The number of carbonyl (C=O) groups is 1. The zero-order valence-corrected chi connectivity index (χ0v) is 21.8. The normalized spacial score (nSPS) is 23.3. The van der Waals surface area contributed by atoms with Crippen molar-refractivity contribution in [2.45, 2.75) is 64.4 Å². The molecule has 2 aromatic rings. The average Bonchev–Trinajstić information content (AvgIpc) is 3.42. The Labute approximate surface area is 216 Å². The Bertz CT molecular complexity index is 1100. The predicted octanol–water partition coefficient (Wildman–Crippen LogP) is 3.93. The molecule has 1 aliphatic carbocycles. The molecule has 10 heteroatoms. The van der Waals surface area contributed by atoms with Crippen LogP contribution in [-0.2, 0) is 11.2 Å². The first-order valence-corrected chi connectivity index (χ1v) is 13.3. The van der Waals surface area contributed by atoms with Crippen LogP contribution in [0.25, 0.3) is 0 Å². The Morgan fingerprint density at radius 2 is 1.92 bits per heavy atom. The summed E-state index contributed by atoms with van der Waals surface area (Å²) >= 11 is 0. The number of likely N-dealkylation sites (tertiary alicyclic amines) is 1. The average molecular weight is 519 g/mol. The van der Waals surface area contributed by atoms with Gasteiger partial charge in [0.25, 0.3) is 0 Å². The van der Waals surface area contributed by atoms with E-state index in [4.69, 9.17) is 9.26 Å². The molecule has 37 heavy (non-hydrogen) atoms. The highest BCUT2D eigenvalue weighted by Crippen LogP contribution is 2.50. The molecule has 8 nitrogen and oxygen atoms in total. The Balaban J connectivity index is 1.04. The number of hydrogen-bond acceptors (Lipinski definition) is 7. The Morgan fingerprint density at radius 1 is 1.24 bits per heavy atom. The third-order valence-corrected chi connectivity index (χ3v) is 7.96. The van der Waals surface area contributed by atoms with Gasteiger partial charge < -0.3 is 24.2 Å². The lowest BCUT2D eigenvalue weighted by molar-refractivity contribution is -0.151. The van der Waals surface area contributed by atoms with Crippen LogP contribution in [0.15, 0.2) is 16.7 Å². The minimum absolute atomic E-state index is 0.143. The van der Waals surface area contributed by atoms with Gasteiger partial charge in [-0.2, -0.15) is 4.98 Å². The Hall–Kier alpha value is -2.75. The molecule has 3 fully saturated rings. The fraction of sp³-hybridized carbons (Fsp3) is 0.667. The van der Waals surface area contributed by atoms with Gasteiger partial charge in [0.15, 0.2) is 5.82 Å². The first kappa shape index (κ1) is 25.9. The van der Waals surface area contributed by atoms with Crippen molar-refractivity contribution in [1.82, 2.24) is 15.0 Å². The number of amides is 1. The topological polar surface area (TPSA) is 91.9 Å². The summed E-state index contributed by atoms with van der Waals surface area (Å²) in [5.41, 5.74) is -1.19. The largest absolute Gasteiger partial charge is 0.493 e. The number of β-amino-alcohol motifs (C(OH)–C–C–N with tert-alkyl or cyclic N) is 1. The van der Waals surface area contributed by atoms with Gasteiger partial charge in [-0.1, -0.05) is 19.0 Å². The number of anilines is 1. The fourth-order valence-electron chi connectivity index (χ4n) is 5.66. The van der Waals surface area contributed by atoms with Crippen molar-refractivity contribution >= 4 is 11.9 Å². The second kappa shape index (κ2) is 10.2. The van der Waals surface area contributed by atoms with Gasteiger partial charge in [-0.3, -0.25) is 4.79 Å². The number of rotatable bonds is 9. The molecule has 1 saturated carbocycles. The molecular formula is C27H36F2N4O4. The third-order valence-electron chi connectivity index (χ3n) is 7.96. The van der Waals surface area contributed by atoms with Crippen LogP contribution in [0.3, 0.4) is 0 Å². The van der Waals surface area contributed by atoms with Gasteiger partial charge in [0.1, 0.15) is 17.4 Å². The lowest BCUT2D eigenvalue weighted by Gasteiger charge is -2.44. The zero-order chi connectivity index (χ0) is 26.3. The van der Waals surface area contributed by atoms with Gasteiger partial charge in [-0.05, 0) is 50.4 Å². The van der Waals surface area contributed by atoms with Crippen LogP contribution < -0.4 is 9.64 Å². The van der Waals surface area contributed by atoms with E-state index >= 15 is 0 Å². The van der Waals surface area contributed by atoms with E-state index in [9.17, 15) is 18.7 Å². The summed E-state index contributed by atoms with van der Waals surface area (Å²) in [4.78, 5) is 20.3. The highest BCUT2D eigenvalue weighted by atomic mass is 19.1. The molecule has 1 N–H and O–H groups in total. The van der Waals surface area contributed by atoms with Gasteiger partial charge in [0.2, 0.25) is 5.91 Å². The van der Waals surface area contributed by atoms with Gasteiger partial charge in [-0.15, -0.1) is 0 Å². The van der Waals surface area contributed by atoms with E-state index in [0.717, 1.165) is 50.3 Å². The standard InChI is InChI=1S/C27H36F2N4O4/c1-16(2)25-30-26(37-31-25)32-7-4-17(5-8-32)20-10-18(20)6-9-36-19-11-22(28)21(23(29)12-19)13-24(34)33-14-27(3,35)15-33/h11-12,16-18,20,35H,4-10,13-15H2,1-3H3/t18?,20-/m1/s1. The summed E-state index contributed by atoms with van der Waals surface area (Å²) in [6, 6.07) is 2.92. The molecule has 3 heterocycles. The number of ether oxygens (including phenoxy) is 1. The van der Waals surface area contributed by atoms with Gasteiger partial charge in [-0.25, -0.2) is 8.78 Å². The molecule has 2 atom stereocenters. The summed E-state index contributed by atoms with van der Waals surface area (Å²) in [6.45, 7) is 8.29. The molecule has 0 bridgehead atoms. The number of piperidine rings is 1. The van der Waals surface area contributed by atoms with Gasteiger partial charge >= 0.3 is 6.01 Å². The molecule has 1 unspecified atom stereocenters. The maximum absolute atomic E-state index is 14.5. The van der Waals surface area contributed by atoms with Gasteiger partial charge in [0.05, 0.1) is 31.7 Å². The second-order valence-electron chi connectivity index (χ2n) is 11.5. The molecular weight excluding hydrogens is 482 g/mol. The van der Waals surface area contributed by atoms with Crippen molar-refractivity contribution in [3.05, 3.63) is 35.2 Å². The van der Waals surface area contributed by atoms with Crippen LogP contribution in [0.1, 0.15) is 63.8 Å². The first-order valence-electron chi connectivity index (χ1n) is 13.3. The van der Waals surface area contributed by atoms with Crippen molar-refractivity contribution in [3.63, 3.8) is 0 Å². The molecule has 3 aliphatic rings. The molecule has 2 aliphatic heterocycles. The number of aromatic nitrogens is 2. The predicted molar refractivity (Wildman–Crippen MR) is 132 cm³/mol. The summed E-state index contributed by atoms with van der Waals surface area (Å²) in [5, 5.41) is 13.8. The molecule has 0 spiro atoms. The van der Waals surface area contributed by atoms with Crippen molar-refractivity contribution < 1.29 is 27.9 Å². The van der Waals surface area contributed by atoms with Crippen LogP contribution in [0.5, 0.6) is 5.75 Å². The molecule has 1 aromatic carbocycles. The van der Waals surface area contributed by atoms with E-state index in [1.807, 2.05) is 13.8 Å². The summed E-state index contributed by atoms with van der Waals surface area (Å²) in [5.74, 6) is 1.07. The first-order chi connectivity index (χ1) is 17.6. The van der Waals surface area contributed by atoms with Gasteiger partial charge in [0, 0.05) is 36.7 Å². The maximum Gasteiger partial charge on any atom is 0.324 e. The summed E-state index contributed by atoms with van der Waals surface area (Å²) in [7, 11) is 0. The molecule has 2 saturated heterocycles. The minimum atomic E-state index is -0.921. The van der Waals surface area contributed by atoms with E-state index in [1.165, 1.54) is 11.3 Å². The van der Waals surface area contributed by atoms with E-state index in [1.54, 1.807) is 6.92 Å². The number of nitrogens with zero attached hydrogens (tertiary/aromatic N) is 4. The summed E-state index contributed by atoms with van der Waals surface area (Å²) < 4.78 is 40.2. The lowest BCUT2D eigenvalue weighted by atomic mass is 9.90. The lowest BCUT2D eigenvalue weighted by Crippen LogP contribution is -2.62. The summed E-state index contributed by atoms with van der Waals surface area (Å²) in [6.07, 6.45) is 3.83. The number of benzene rings is 1. The Kier molecular flexibility index (Phi) is 7.13. The van der Waals surface area contributed by atoms with Crippen molar-refractivity contribution in [3.8, 4) is 5.75 Å². The number of carbonyl (C=O) groups excluding carboxylic acids is 1. The molecule has 0 radical (unpaired) electrons. The van der Waals surface area contributed by atoms with Crippen LogP contribution in [0, 0.1) is 29.4 Å². The highest BCUT2D eigenvalue weighted by Gasteiger charge is 2.43.